The summed E-state index contributed by atoms with van der Waals surface area (Å²) in [6.45, 7) is 1.25. The lowest BCUT2D eigenvalue weighted by molar-refractivity contribution is -0.0503. The van der Waals surface area contributed by atoms with Gasteiger partial charge in [0, 0.05) is 18.5 Å². The van der Waals surface area contributed by atoms with E-state index in [2.05, 4.69) is 10.3 Å². The number of hydrogen-bond acceptors (Lipinski definition) is 4. The third kappa shape index (κ3) is 2.50. The minimum Gasteiger partial charge on any atom is -0.350 e. The molecule has 0 saturated heterocycles. The van der Waals surface area contributed by atoms with Gasteiger partial charge in [0.25, 0.3) is 5.91 Å². The van der Waals surface area contributed by atoms with Crippen LogP contribution in [0, 0.1) is 23.2 Å². The van der Waals surface area contributed by atoms with Crippen LogP contribution in [0.1, 0.15) is 54.0 Å². The summed E-state index contributed by atoms with van der Waals surface area (Å²) < 4.78 is 0. The normalized spacial score (nSPS) is 36.9. The molecule has 5 heteroatoms. The van der Waals surface area contributed by atoms with Crippen LogP contribution in [0.15, 0.2) is 5.38 Å². The summed E-state index contributed by atoms with van der Waals surface area (Å²) in [4.78, 5) is 16.5. The number of hydrogen-bond donors (Lipinski definition) is 2. The molecule has 0 atom stereocenters. The van der Waals surface area contributed by atoms with Gasteiger partial charge in [0.1, 0.15) is 10.7 Å². The predicted octanol–water partition coefficient (Wildman–Crippen LogP) is 2.55. The Labute approximate surface area is 129 Å². The molecule has 1 aromatic heterocycles. The lowest BCUT2D eigenvalue weighted by Gasteiger charge is -2.56. The topological polar surface area (TPSA) is 68.0 Å². The lowest BCUT2D eigenvalue weighted by atomic mass is 9.49. The number of rotatable bonds is 4. The third-order valence-electron chi connectivity index (χ3n) is 5.75. The predicted molar refractivity (Wildman–Crippen MR) is 82.9 cm³/mol. The molecule has 0 aromatic carbocycles. The van der Waals surface area contributed by atoms with Gasteiger partial charge in [-0.1, -0.05) is 0 Å². The Morgan fingerprint density at radius 3 is 2.43 bits per heavy atom. The van der Waals surface area contributed by atoms with Crippen LogP contribution in [-0.2, 0) is 6.54 Å². The van der Waals surface area contributed by atoms with Crippen LogP contribution in [0.25, 0.3) is 0 Å². The number of amides is 1. The molecular formula is C16H23N3OS. The summed E-state index contributed by atoms with van der Waals surface area (Å²) >= 11 is 1.47. The fourth-order valence-electron chi connectivity index (χ4n) is 5.37. The molecule has 4 aliphatic carbocycles. The number of thiazole rings is 1. The van der Waals surface area contributed by atoms with E-state index in [0.29, 0.717) is 17.7 Å². The monoisotopic (exact) mass is 305 g/mol. The van der Waals surface area contributed by atoms with E-state index >= 15 is 0 Å². The van der Waals surface area contributed by atoms with E-state index in [1.807, 2.05) is 5.38 Å². The van der Waals surface area contributed by atoms with E-state index in [0.717, 1.165) is 29.3 Å². The van der Waals surface area contributed by atoms with Crippen molar-refractivity contribution in [2.75, 3.05) is 6.54 Å². The second-order valence-corrected chi connectivity index (χ2v) is 8.37. The maximum absolute atomic E-state index is 12.3. The van der Waals surface area contributed by atoms with Crippen molar-refractivity contribution in [1.82, 2.24) is 10.3 Å². The highest BCUT2D eigenvalue weighted by Gasteiger charge is 2.50. The van der Waals surface area contributed by atoms with Crippen molar-refractivity contribution in [1.29, 1.82) is 0 Å². The van der Waals surface area contributed by atoms with Crippen molar-refractivity contribution < 1.29 is 4.79 Å². The maximum atomic E-state index is 12.3. The molecule has 1 heterocycles. The second-order valence-electron chi connectivity index (χ2n) is 7.43. The van der Waals surface area contributed by atoms with E-state index in [4.69, 9.17) is 5.73 Å². The molecule has 114 valence electrons. The van der Waals surface area contributed by atoms with Gasteiger partial charge in [-0.25, -0.2) is 4.98 Å². The second kappa shape index (κ2) is 5.06. The van der Waals surface area contributed by atoms with Crippen LogP contribution in [0.3, 0.4) is 0 Å². The number of nitrogens with two attached hydrogens (primary N) is 1. The largest absolute Gasteiger partial charge is 0.350 e. The molecule has 0 radical (unpaired) electrons. The Bertz CT molecular complexity index is 518. The van der Waals surface area contributed by atoms with Crippen LogP contribution >= 0.6 is 11.3 Å². The minimum atomic E-state index is -0.0262. The van der Waals surface area contributed by atoms with Gasteiger partial charge >= 0.3 is 0 Å². The van der Waals surface area contributed by atoms with Crippen molar-refractivity contribution in [3.05, 3.63) is 16.1 Å². The summed E-state index contributed by atoms with van der Waals surface area (Å²) in [5.74, 6) is 2.76. The summed E-state index contributed by atoms with van der Waals surface area (Å²) in [6.07, 6.45) is 8.30. The SMILES string of the molecule is NCc1nc(C(=O)NCC23CC4CC(CC(C4)C2)C3)cs1. The summed E-state index contributed by atoms with van der Waals surface area (Å²) in [6, 6.07) is 0. The van der Waals surface area contributed by atoms with E-state index < -0.39 is 0 Å². The molecule has 0 unspecified atom stereocenters. The summed E-state index contributed by atoms with van der Waals surface area (Å²) in [5, 5.41) is 5.80. The minimum absolute atomic E-state index is 0.0262. The summed E-state index contributed by atoms with van der Waals surface area (Å²) in [5.41, 5.74) is 6.47. The third-order valence-corrected chi connectivity index (χ3v) is 6.62. The Morgan fingerprint density at radius 1 is 1.29 bits per heavy atom. The Morgan fingerprint density at radius 2 is 1.90 bits per heavy atom. The molecule has 5 rings (SSSR count). The number of nitrogens with one attached hydrogen (secondary N) is 1. The first kappa shape index (κ1) is 13.7. The average molecular weight is 305 g/mol. The molecule has 1 amide bonds. The Hall–Kier alpha value is -0.940. The van der Waals surface area contributed by atoms with Gasteiger partial charge in [-0.2, -0.15) is 0 Å². The van der Waals surface area contributed by atoms with Gasteiger partial charge in [0.2, 0.25) is 0 Å². The molecule has 4 bridgehead atoms. The van der Waals surface area contributed by atoms with E-state index in [1.165, 1.54) is 49.9 Å². The maximum Gasteiger partial charge on any atom is 0.270 e. The van der Waals surface area contributed by atoms with Crippen molar-refractivity contribution in [3.63, 3.8) is 0 Å². The zero-order valence-electron chi connectivity index (χ0n) is 12.3. The Kier molecular flexibility index (Phi) is 3.30. The molecule has 0 spiro atoms. The first-order valence-electron chi connectivity index (χ1n) is 8.08. The van der Waals surface area contributed by atoms with Crippen LogP contribution < -0.4 is 11.1 Å². The number of carbonyl (C=O) groups excluding carboxylic acids is 1. The smallest absolute Gasteiger partial charge is 0.270 e. The molecule has 0 aliphatic heterocycles. The van der Waals surface area contributed by atoms with Gasteiger partial charge in [-0.15, -0.1) is 11.3 Å². The standard InChI is InChI=1S/C16H23N3OS/c17-7-14-19-13(8-21-14)15(20)18-9-16-4-10-1-11(5-16)3-12(2-10)6-16/h8,10-12H,1-7,9,17H2,(H,18,20). The fraction of sp³-hybridized carbons (Fsp3) is 0.750. The van der Waals surface area contributed by atoms with Gasteiger partial charge in [0.05, 0.1) is 0 Å². The molecular weight excluding hydrogens is 282 g/mol. The van der Waals surface area contributed by atoms with Crippen molar-refractivity contribution in [2.24, 2.45) is 28.9 Å². The van der Waals surface area contributed by atoms with Gasteiger partial charge < -0.3 is 11.1 Å². The van der Waals surface area contributed by atoms with E-state index in [-0.39, 0.29) is 5.91 Å². The zero-order valence-corrected chi connectivity index (χ0v) is 13.1. The van der Waals surface area contributed by atoms with Crippen LogP contribution in [0.2, 0.25) is 0 Å². The number of nitrogens with zero attached hydrogens (tertiary/aromatic N) is 1. The van der Waals surface area contributed by atoms with Crippen LogP contribution in [-0.4, -0.2) is 17.4 Å². The first-order chi connectivity index (χ1) is 10.2. The average Bonchev–Trinajstić information content (AvgIpc) is 2.92. The Balaban J connectivity index is 1.41. The summed E-state index contributed by atoms with van der Waals surface area (Å²) in [7, 11) is 0. The van der Waals surface area contributed by atoms with E-state index in [1.54, 1.807) is 0 Å². The van der Waals surface area contributed by atoms with Crippen molar-refractivity contribution in [2.45, 2.75) is 45.1 Å². The van der Waals surface area contributed by atoms with Crippen LogP contribution in [0.4, 0.5) is 0 Å². The van der Waals surface area contributed by atoms with Gasteiger partial charge in [0.15, 0.2) is 0 Å². The van der Waals surface area contributed by atoms with Crippen molar-refractivity contribution >= 4 is 17.2 Å². The van der Waals surface area contributed by atoms with Gasteiger partial charge in [-0.3, -0.25) is 4.79 Å². The highest BCUT2D eigenvalue weighted by Crippen LogP contribution is 2.59. The molecule has 1 aromatic rings. The zero-order chi connectivity index (χ0) is 14.4. The van der Waals surface area contributed by atoms with Crippen LogP contribution in [0.5, 0.6) is 0 Å². The van der Waals surface area contributed by atoms with E-state index in [9.17, 15) is 4.79 Å². The highest BCUT2D eigenvalue weighted by atomic mass is 32.1. The first-order valence-corrected chi connectivity index (χ1v) is 8.96. The lowest BCUT2D eigenvalue weighted by Crippen LogP contribution is -2.51. The molecule has 4 nitrogen and oxygen atoms in total. The molecule has 21 heavy (non-hydrogen) atoms. The fourth-order valence-corrected chi connectivity index (χ4v) is 6.03. The highest BCUT2D eigenvalue weighted by molar-refractivity contribution is 7.09. The van der Waals surface area contributed by atoms with Gasteiger partial charge in [-0.05, 0) is 61.7 Å². The molecule has 4 fully saturated rings. The molecule has 3 N–H and O–H groups in total. The number of aromatic nitrogens is 1. The molecule has 4 saturated carbocycles. The molecule has 4 aliphatic rings. The quantitative estimate of drug-likeness (QED) is 0.898. The van der Waals surface area contributed by atoms with Crippen molar-refractivity contribution in [3.8, 4) is 0 Å². The number of carbonyl (C=O) groups is 1.